The number of allylic oxidation sites excluding steroid dienone is 2. The standard InChI is InChI=1S/C25H24BrNO5/c1-5-31-24-17(26)11-14(12-18(24)30-4)20-19(25(29)32-6-2)13(3)27-22-15-9-7-8-10-16(15)23(28)21(20)22/h7-12,20,27H,5-6H2,1-4H3/t20-/m0/s1. The first-order valence-electron chi connectivity index (χ1n) is 10.5. The van der Waals surface area contributed by atoms with Crippen LogP contribution in [0.15, 0.2) is 57.7 Å². The van der Waals surface area contributed by atoms with Crippen molar-refractivity contribution in [3.63, 3.8) is 0 Å². The molecular weight excluding hydrogens is 474 g/mol. The number of fused-ring (bicyclic) bond motifs is 2. The number of hydrogen-bond donors (Lipinski definition) is 1. The number of ketones is 1. The largest absolute Gasteiger partial charge is 0.493 e. The van der Waals surface area contributed by atoms with Gasteiger partial charge in [0.15, 0.2) is 17.3 Å². The smallest absolute Gasteiger partial charge is 0.336 e. The molecule has 2 aromatic rings. The second-order valence-electron chi connectivity index (χ2n) is 7.45. The summed E-state index contributed by atoms with van der Waals surface area (Å²) in [5, 5.41) is 3.30. The third kappa shape index (κ3) is 3.50. The van der Waals surface area contributed by atoms with Gasteiger partial charge in [0.05, 0.1) is 36.1 Å². The number of esters is 1. The minimum absolute atomic E-state index is 0.105. The molecule has 0 radical (unpaired) electrons. The predicted molar refractivity (Wildman–Crippen MR) is 125 cm³/mol. The van der Waals surface area contributed by atoms with E-state index in [1.807, 2.05) is 50.2 Å². The van der Waals surface area contributed by atoms with Crippen molar-refractivity contribution in [1.82, 2.24) is 5.32 Å². The van der Waals surface area contributed by atoms with Crippen LogP contribution in [0.25, 0.3) is 5.70 Å². The van der Waals surface area contributed by atoms with Gasteiger partial charge in [0.25, 0.3) is 0 Å². The van der Waals surface area contributed by atoms with Gasteiger partial charge in [-0.3, -0.25) is 4.79 Å². The predicted octanol–water partition coefficient (Wildman–Crippen LogP) is 4.99. The monoisotopic (exact) mass is 497 g/mol. The first-order valence-corrected chi connectivity index (χ1v) is 11.3. The molecule has 2 aromatic carbocycles. The molecule has 0 saturated carbocycles. The quantitative estimate of drug-likeness (QED) is 0.566. The maximum atomic E-state index is 13.5. The molecule has 1 N–H and O–H groups in total. The lowest BCUT2D eigenvalue weighted by Gasteiger charge is -2.29. The summed E-state index contributed by atoms with van der Waals surface area (Å²) in [6, 6.07) is 11.2. The molecule has 1 aliphatic heterocycles. The molecular formula is C25H24BrNO5. The fraction of sp³-hybridized carbons (Fsp3) is 0.280. The maximum Gasteiger partial charge on any atom is 0.336 e. The summed E-state index contributed by atoms with van der Waals surface area (Å²) < 4.78 is 17.4. The van der Waals surface area contributed by atoms with Crippen molar-refractivity contribution in [2.75, 3.05) is 20.3 Å². The number of nitrogens with one attached hydrogen (secondary N) is 1. The molecule has 2 aliphatic rings. The summed E-state index contributed by atoms with van der Waals surface area (Å²) in [5.74, 6) is -0.0960. The van der Waals surface area contributed by atoms with Crippen LogP contribution in [0.3, 0.4) is 0 Å². The van der Waals surface area contributed by atoms with E-state index in [1.54, 1.807) is 14.0 Å². The number of halogens is 1. The third-order valence-corrected chi connectivity index (χ3v) is 6.21. The molecule has 1 aliphatic carbocycles. The molecule has 7 heteroatoms. The molecule has 6 nitrogen and oxygen atoms in total. The minimum Gasteiger partial charge on any atom is -0.493 e. The van der Waals surface area contributed by atoms with Crippen molar-refractivity contribution >= 4 is 33.4 Å². The molecule has 0 bridgehead atoms. The Labute approximate surface area is 195 Å². The first-order chi connectivity index (χ1) is 15.4. The Hall–Kier alpha value is -3.06. The molecule has 32 heavy (non-hydrogen) atoms. The normalized spacial score (nSPS) is 17.0. The average Bonchev–Trinajstić information content (AvgIpc) is 3.06. The first kappa shape index (κ1) is 22.1. The van der Waals surface area contributed by atoms with Crippen molar-refractivity contribution in [2.45, 2.75) is 26.7 Å². The number of ether oxygens (including phenoxy) is 3. The summed E-state index contributed by atoms with van der Waals surface area (Å²) in [5.41, 5.74) is 4.49. The molecule has 1 heterocycles. The number of hydrogen-bond acceptors (Lipinski definition) is 6. The Morgan fingerprint density at radius 2 is 1.84 bits per heavy atom. The van der Waals surface area contributed by atoms with Gasteiger partial charge in [-0.25, -0.2) is 4.79 Å². The van der Waals surface area contributed by atoms with Crippen LogP contribution in [0.1, 0.15) is 48.2 Å². The van der Waals surface area contributed by atoms with Crippen molar-refractivity contribution in [3.8, 4) is 11.5 Å². The van der Waals surface area contributed by atoms with Crippen molar-refractivity contribution in [3.05, 3.63) is 74.4 Å². The minimum atomic E-state index is -0.619. The molecule has 0 amide bonds. The van der Waals surface area contributed by atoms with E-state index in [9.17, 15) is 9.59 Å². The Kier molecular flexibility index (Phi) is 6.11. The van der Waals surface area contributed by atoms with Gasteiger partial charge in [-0.2, -0.15) is 0 Å². The number of dihydropyridines is 1. The van der Waals surface area contributed by atoms with Gasteiger partial charge in [-0.1, -0.05) is 24.3 Å². The number of rotatable bonds is 6. The Morgan fingerprint density at radius 1 is 1.12 bits per heavy atom. The van der Waals surface area contributed by atoms with Crippen molar-refractivity contribution in [1.29, 1.82) is 0 Å². The number of carbonyl (C=O) groups is 2. The fourth-order valence-corrected chi connectivity index (χ4v) is 4.91. The number of benzene rings is 2. The lowest BCUT2D eigenvalue weighted by Crippen LogP contribution is -2.29. The van der Waals surface area contributed by atoms with Crippen LogP contribution < -0.4 is 14.8 Å². The molecule has 4 rings (SSSR count). The zero-order valence-electron chi connectivity index (χ0n) is 18.4. The summed E-state index contributed by atoms with van der Waals surface area (Å²) in [6.45, 7) is 6.19. The summed E-state index contributed by atoms with van der Waals surface area (Å²) in [6.07, 6.45) is 0. The molecule has 1 atom stereocenters. The number of Topliss-reactive ketones (excluding diaryl/α,β-unsaturated/α-hetero) is 1. The average molecular weight is 498 g/mol. The Balaban J connectivity index is 1.95. The van der Waals surface area contributed by atoms with E-state index in [0.29, 0.717) is 45.0 Å². The lowest BCUT2D eigenvalue weighted by molar-refractivity contribution is -0.138. The van der Waals surface area contributed by atoms with E-state index in [4.69, 9.17) is 14.2 Å². The van der Waals surface area contributed by atoms with Crippen LogP contribution in [0, 0.1) is 0 Å². The summed E-state index contributed by atoms with van der Waals surface area (Å²) >= 11 is 3.57. The van der Waals surface area contributed by atoms with Crippen LogP contribution in [-0.2, 0) is 9.53 Å². The van der Waals surface area contributed by atoms with Gasteiger partial charge in [-0.15, -0.1) is 0 Å². The highest BCUT2D eigenvalue weighted by Crippen LogP contribution is 2.49. The second-order valence-corrected chi connectivity index (χ2v) is 8.30. The molecule has 0 aromatic heterocycles. The zero-order valence-corrected chi connectivity index (χ0v) is 20.0. The van der Waals surface area contributed by atoms with Crippen LogP contribution >= 0.6 is 15.9 Å². The molecule has 0 unspecified atom stereocenters. The van der Waals surface area contributed by atoms with E-state index in [-0.39, 0.29) is 12.4 Å². The summed E-state index contributed by atoms with van der Waals surface area (Å²) in [4.78, 5) is 26.6. The van der Waals surface area contributed by atoms with Crippen LogP contribution in [0.4, 0.5) is 0 Å². The van der Waals surface area contributed by atoms with E-state index in [1.165, 1.54) is 0 Å². The van der Waals surface area contributed by atoms with Gasteiger partial charge in [0.2, 0.25) is 0 Å². The van der Waals surface area contributed by atoms with Crippen LogP contribution in [-0.4, -0.2) is 32.1 Å². The van der Waals surface area contributed by atoms with E-state index >= 15 is 0 Å². The van der Waals surface area contributed by atoms with Crippen LogP contribution in [0.5, 0.6) is 11.5 Å². The second kappa shape index (κ2) is 8.82. The Bertz CT molecular complexity index is 1180. The molecule has 0 spiro atoms. The summed E-state index contributed by atoms with van der Waals surface area (Å²) in [7, 11) is 1.56. The van der Waals surface area contributed by atoms with E-state index in [0.717, 1.165) is 16.8 Å². The third-order valence-electron chi connectivity index (χ3n) is 5.62. The van der Waals surface area contributed by atoms with Crippen molar-refractivity contribution in [2.24, 2.45) is 0 Å². The molecule has 0 fully saturated rings. The Morgan fingerprint density at radius 3 is 2.50 bits per heavy atom. The fourth-order valence-electron chi connectivity index (χ4n) is 4.33. The van der Waals surface area contributed by atoms with E-state index in [2.05, 4.69) is 21.2 Å². The lowest BCUT2D eigenvalue weighted by atomic mass is 9.79. The zero-order chi connectivity index (χ0) is 23.0. The van der Waals surface area contributed by atoms with Gasteiger partial charge >= 0.3 is 5.97 Å². The number of methoxy groups -OCH3 is 1. The molecule has 0 saturated heterocycles. The highest BCUT2D eigenvalue weighted by atomic mass is 79.9. The van der Waals surface area contributed by atoms with Crippen molar-refractivity contribution < 1.29 is 23.8 Å². The van der Waals surface area contributed by atoms with Gasteiger partial charge in [0, 0.05) is 28.3 Å². The topological polar surface area (TPSA) is 73.9 Å². The maximum absolute atomic E-state index is 13.5. The van der Waals surface area contributed by atoms with E-state index < -0.39 is 11.9 Å². The molecule has 166 valence electrons. The van der Waals surface area contributed by atoms with Crippen LogP contribution in [0.2, 0.25) is 0 Å². The number of carbonyl (C=O) groups excluding carboxylic acids is 2. The van der Waals surface area contributed by atoms with Gasteiger partial charge in [0.1, 0.15) is 0 Å². The highest BCUT2D eigenvalue weighted by Gasteiger charge is 2.43. The van der Waals surface area contributed by atoms with Gasteiger partial charge in [-0.05, 0) is 54.4 Å². The van der Waals surface area contributed by atoms with Gasteiger partial charge < -0.3 is 19.5 Å². The SMILES string of the molecule is CCOC(=O)C1=C(C)NC2=C(C(=O)c3ccccc32)[C@H]1c1cc(Br)c(OCC)c(OC)c1. The highest BCUT2D eigenvalue weighted by molar-refractivity contribution is 9.10.